The fourth-order valence-corrected chi connectivity index (χ4v) is 0. The van der Waals surface area contributed by atoms with Gasteiger partial charge >= 0.3 is 22.8 Å². The maximum absolute atomic E-state index is 9.79. The van der Waals surface area contributed by atoms with Crippen LogP contribution < -0.4 is 5.90 Å². The van der Waals surface area contributed by atoms with E-state index in [0.717, 1.165) is 20.0 Å². The molecule has 0 aliphatic carbocycles. The van der Waals surface area contributed by atoms with Gasteiger partial charge in [0.15, 0.2) is 0 Å². The van der Waals surface area contributed by atoms with E-state index < -0.39 is 22.8 Å². The summed E-state index contributed by atoms with van der Waals surface area (Å²) in [7, 11) is -10.6. The largest absolute Gasteiger partial charge is 0.341 e. The SMILES string of the molecule is CP(=O)(O)O.CP(=O)(O)O.CP(=O)(O)ON. The summed E-state index contributed by atoms with van der Waals surface area (Å²) in [6.07, 6.45) is 0. The van der Waals surface area contributed by atoms with Gasteiger partial charge in [0.05, 0.1) is 0 Å². The Kier molecular flexibility index (Phi) is 11.5. The summed E-state index contributed by atoms with van der Waals surface area (Å²) in [4.78, 5) is 38.6. The second-order valence-electron chi connectivity index (χ2n) is 2.58. The van der Waals surface area contributed by atoms with Gasteiger partial charge < -0.3 is 24.5 Å². The Hall–Kier alpha value is 0.410. The molecule has 0 saturated carbocycles. The van der Waals surface area contributed by atoms with E-state index in [1.165, 1.54) is 0 Å². The predicted molar refractivity (Wildman–Crippen MR) is 57.0 cm³/mol. The minimum absolute atomic E-state index is 0.854. The molecule has 0 aromatic rings. The van der Waals surface area contributed by atoms with E-state index in [-0.39, 0.29) is 0 Å². The Bertz CT molecular complexity index is 261. The number of hydrogen-bond donors (Lipinski definition) is 6. The molecule has 0 spiro atoms. The summed E-state index contributed by atoms with van der Waals surface area (Å²) >= 11 is 0. The standard InChI is InChI=1S/CH6NO3P.2CH5O3P/c1-6(3,4)5-2;2*1-5(2,3)4/h2H2,1H3,(H,3,4);2*1H3,(H2,2,3,4). The van der Waals surface area contributed by atoms with Crippen LogP contribution in [0.2, 0.25) is 0 Å². The Morgan fingerprint density at radius 1 is 0.812 bits per heavy atom. The first-order valence-corrected chi connectivity index (χ1v) is 9.45. The van der Waals surface area contributed by atoms with Gasteiger partial charge in [0, 0.05) is 20.0 Å². The maximum atomic E-state index is 9.79. The lowest BCUT2D eigenvalue weighted by Gasteiger charge is -1.94. The van der Waals surface area contributed by atoms with E-state index in [1.807, 2.05) is 0 Å². The van der Waals surface area contributed by atoms with Gasteiger partial charge in [0.25, 0.3) is 0 Å². The van der Waals surface area contributed by atoms with Gasteiger partial charge in [-0.15, -0.1) is 0 Å². The zero-order valence-electron chi connectivity index (χ0n) is 8.79. The molecule has 13 heteroatoms. The van der Waals surface area contributed by atoms with Crippen LogP contribution in [0.3, 0.4) is 0 Å². The van der Waals surface area contributed by atoms with Crippen LogP contribution in [0.5, 0.6) is 0 Å². The number of nitrogens with two attached hydrogens (primary N) is 1. The summed E-state index contributed by atoms with van der Waals surface area (Å²) in [5, 5.41) is 0. The van der Waals surface area contributed by atoms with Gasteiger partial charge in [-0.3, -0.25) is 13.7 Å². The first-order chi connectivity index (χ1) is 6.56. The Morgan fingerprint density at radius 3 is 0.875 bits per heavy atom. The van der Waals surface area contributed by atoms with Gasteiger partial charge in [-0.05, 0) is 0 Å². The summed E-state index contributed by atoms with van der Waals surface area (Å²) < 4.78 is 32.0. The highest BCUT2D eigenvalue weighted by atomic mass is 31.2. The molecule has 0 rings (SSSR count). The molecule has 0 radical (unpaired) electrons. The summed E-state index contributed by atoms with van der Waals surface area (Å²) in [5.74, 6) is 4.29. The third kappa shape index (κ3) is 223. The molecule has 1 atom stereocenters. The molecule has 0 aromatic heterocycles. The van der Waals surface area contributed by atoms with Crippen LogP contribution in [0.25, 0.3) is 0 Å². The Morgan fingerprint density at radius 2 is 0.875 bits per heavy atom. The van der Waals surface area contributed by atoms with E-state index in [0.29, 0.717) is 0 Å². The van der Waals surface area contributed by atoms with Gasteiger partial charge in [0.1, 0.15) is 0 Å². The molecule has 0 fully saturated rings. The fraction of sp³-hybridized carbons (Fsp3) is 1.00. The zero-order valence-corrected chi connectivity index (χ0v) is 11.5. The van der Waals surface area contributed by atoms with Crippen molar-refractivity contribution in [2.45, 2.75) is 0 Å². The fourth-order valence-electron chi connectivity index (χ4n) is 0. The van der Waals surface area contributed by atoms with Crippen LogP contribution in [0.1, 0.15) is 0 Å². The number of hydrogen-bond acceptors (Lipinski definition) is 5. The minimum Gasteiger partial charge on any atom is -0.325 e. The van der Waals surface area contributed by atoms with Crippen molar-refractivity contribution < 1.29 is 42.8 Å². The van der Waals surface area contributed by atoms with Crippen molar-refractivity contribution in [1.29, 1.82) is 0 Å². The third-order valence-electron chi connectivity index (χ3n) is 0.196. The topological polar surface area (TPSA) is 188 Å². The average Bonchev–Trinajstić information content (AvgIpc) is 1.77. The highest BCUT2D eigenvalue weighted by Crippen LogP contribution is 2.32. The molecular weight excluding hydrogens is 287 g/mol. The normalized spacial score (nSPS) is 14.8. The van der Waals surface area contributed by atoms with Crippen LogP contribution in [0, 0.1) is 0 Å². The van der Waals surface area contributed by atoms with Crippen molar-refractivity contribution in [1.82, 2.24) is 0 Å². The second kappa shape index (κ2) is 8.49. The minimum atomic E-state index is -3.64. The maximum Gasteiger partial charge on any atom is 0.341 e. The quantitative estimate of drug-likeness (QED) is 0.266. The van der Waals surface area contributed by atoms with Crippen LogP contribution in [-0.2, 0) is 18.3 Å². The summed E-state index contributed by atoms with van der Waals surface area (Å²) in [6, 6.07) is 0. The summed E-state index contributed by atoms with van der Waals surface area (Å²) in [5.41, 5.74) is 0. The first-order valence-electron chi connectivity index (χ1n) is 3.31. The van der Waals surface area contributed by atoms with Crippen molar-refractivity contribution in [3.05, 3.63) is 0 Å². The highest BCUT2D eigenvalue weighted by molar-refractivity contribution is 7.51. The van der Waals surface area contributed by atoms with E-state index >= 15 is 0 Å². The molecule has 0 aliphatic rings. The van der Waals surface area contributed by atoms with Crippen LogP contribution in [0.4, 0.5) is 0 Å². The van der Waals surface area contributed by atoms with Crippen molar-refractivity contribution in [2.24, 2.45) is 5.90 Å². The smallest absolute Gasteiger partial charge is 0.325 e. The van der Waals surface area contributed by atoms with Crippen molar-refractivity contribution in [3.63, 3.8) is 0 Å². The lowest BCUT2D eigenvalue weighted by atomic mass is 12.0. The van der Waals surface area contributed by atoms with Crippen LogP contribution in [-0.4, -0.2) is 44.5 Å². The molecule has 10 nitrogen and oxygen atoms in total. The lowest BCUT2D eigenvalue weighted by Crippen LogP contribution is -1.93. The van der Waals surface area contributed by atoms with Gasteiger partial charge in [-0.2, -0.15) is 0 Å². The molecule has 0 bridgehead atoms. The first kappa shape index (κ1) is 21.7. The molecule has 102 valence electrons. The molecular formula is C3H16NO9P3. The van der Waals surface area contributed by atoms with E-state index in [2.05, 4.69) is 10.5 Å². The van der Waals surface area contributed by atoms with Gasteiger partial charge in [0.2, 0.25) is 0 Å². The van der Waals surface area contributed by atoms with Crippen LogP contribution in [0.15, 0.2) is 0 Å². The van der Waals surface area contributed by atoms with Crippen molar-refractivity contribution >= 4 is 22.8 Å². The van der Waals surface area contributed by atoms with E-state index in [4.69, 9.17) is 24.5 Å². The second-order valence-corrected chi connectivity index (χ2v) is 7.74. The monoisotopic (exact) mass is 303 g/mol. The van der Waals surface area contributed by atoms with Crippen LogP contribution >= 0.6 is 22.8 Å². The van der Waals surface area contributed by atoms with Crippen molar-refractivity contribution in [2.75, 3.05) is 20.0 Å². The lowest BCUT2D eigenvalue weighted by molar-refractivity contribution is 0.273. The summed E-state index contributed by atoms with van der Waals surface area (Å²) in [6.45, 7) is 2.72. The van der Waals surface area contributed by atoms with Crippen molar-refractivity contribution in [3.8, 4) is 0 Å². The Balaban J connectivity index is -0.000000160. The molecule has 7 N–H and O–H groups in total. The zero-order chi connectivity index (χ0) is 14.2. The van der Waals surface area contributed by atoms with E-state index in [1.54, 1.807) is 0 Å². The molecule has 1 unspecified atom stereocenters. The molecule has 0 amide bonds. The van der Waals surface area contributed by atoms with Gasteiger partial charge in [-0.25, -0.2) is 10.5 Å². The Labute approximate surface area is 92.2 Å². The molecule has 0 heterocycles. The molecule has 0 aliphatic heterocycles. The highest BCUT2D eigenvalue weighted by Gasteiger charge is 2.04. The molecule has 0 aromatic carbocycles. The van der Waals surface area contributed by atoms with Gasteiger partial charge in [-0.1, -0.05) is 0 Å². The predicted octanol–water partition coefficient (Wildman–Crippen LogP) is -0.720. The van der Waals surface area contributed by atoms with E-state index in [9.17, 15) is 13.7 Å². The molecule has 0 saturated heterocycles. The molecule has 16 heavy (non-hydrogen) atoms. The average molecular weight is 303 g/mol. The number of rotatable bonds is 1. The third-order valence-corrected chi connectivity index (χ3v) is 0.587.